The van der Waals surface area contributed by atoms with Crippen molar-refractivity contribution in [1.82, 2.24) is 19.9 Å². The van der Waals surface area contributed by atoms with E-state index in [1.807, 2.05) is 6.07 Å². The predicted molar refractivity (Wildman–Crippen MR) is 93.3 cm³/mol. The van der Waals surface area contributed by atoms with Gasteiger partial charge in [-0.3, -0.25) is 14.6 Å². The van der Waals surface area contributed by atoms with Crippen molar-refractivity contribution in [3.05, 3.63) is 46.5 Å². The monoisotopic (exact) mass is 342 g/mol. The van der Waals surface area contributed by atoms with Crippen molar-refractivity contribution in [3.63, 3.8) is 0 Å². The van der Waals surface area contributed by atoms with Crippen LogP contribution in [0.15, 0.2) is 35.4 Å². The highest BCUT2D eigenvalue weighted by Crippen LogP contribution is 2.16. The van der Waals surface area contributed by atoms with Crippen LogP contribution in [0.5, 0.6) is 0 Å². The Morgan fingerprint density at radius 1 is 1.40 bits per heavy atom. The number of ether oxygens (including phenoxy) is 1. The summed E-state index contributed by atoms with van der Waals surface area (Å²) in [5.41, 5.74) is 0.165. The van der Waals surface area contributed by atoms with Gasteiger partial charge in [-0.25, -0.2) is 4.98 Å². The van der Waals surface area contributed by atoms with Crippen LogP contribution in [0.4, 0.5) is 0 Å². The van der Waals surface area contributed by atoms with Crippen LogP contribution in [0, 0.1) is 0 Å². The van der Waals surface area contributed by atoms with E-state index in [0.717, 1.165) is 19.3 Å². The lowest BCUT2D eigenvalue weighted by molar-refractivity contribution is 0.00204. The molecule has 1 N–H and O–H groups in total. The van der Waals surface area contributed by atoms with Gasteiger partial charge in [0.05, 0.1) is 6.10 Å². The van der Waals surface area contributed by atoms with Gasteiger partial charge in [-0.2, -0.15) is 0 Å². The minimum absolute atomic E-state index is 0.0393. The van der Waals surface area contributed by atoms with E-state index in [9.17, 15) is 9.59 Å². The molecule has 0 bridgehead atoms. The fraction of sp³-hybridized carbons (Fsp3) is 0.444. The number of hydrogen-bond acceptors (Lipinski definition) is 5. The largest absolute Gasteiger partial charge is 0.376 e. The Morgan fingerprint density at radius 2 is 2.28 bits per heavy atom. The smallest absolute Gasteiger partial charge is 0.264 e. The van der Waals surface area contributed by atoms with E-state index in [1.165, 1.54) is 6.20 Å². The van der Waals surface area contributed by atoms with Gasteiger partial charge >= 0.3 is 0 Å². The summed E-state index contributed by atoms with van der Waals surface area (Å²) in [6.45, 7) is 3.89. The zero-order valence-electron chi connectivity index (χ0n) is 14.3. The molecule has 132 valence electrons. The van der Waals surface area contributed by atoms with E-state index >= 15 is 0 Å². The standard InChI is InChI=1S/C18H22N4O3/c1-2-10-25-13-6-5-9-22(12-13)18(24)14-11-20-16(21-17(14)23)15-7-3-4-8-19-15/h3-4,7-8,11,13H,2,5-6,9-10,12H2,1H3,(H,20,21,23)/t13-/m0/s1. The van der Waals surface area contributed by atoms with E-state index in [4.69, 9.17) is 4.74 Å². The first-order chi connectivity index (χ1) is 12.2. The molecule has 2 aromatic heterocycles. The number of likely N-dealkylation sites (tertiary alicyclic amines) is 1. The first kappa shape index (κ1) is 17.3. The zero-order chi connectivity index (χ0) is 17.6. The Balaban J connectivity index is 1.75. The van der Waals surface area contributed by atoms with E-state index in [1.54, 1.807) is 23.2 Å². The van der Waals surface area contributed by atoms with Gasteiger partial charge in [-0.15, -0.1) is 0 Å². The van der Waals surface area contributed by atoms with Gasteiger partial charge < -0.3 is 14.6 Å². The summed E-state index contributed by atoms with van der Waals surface area (Å²) < 4.78 is 5.75. The highest BCUT2D eigenvalue weighted by atomic mass is 16.5. The summed E-state index contributed by atoms with van der Waals surface area (Å²) >= 11 is 0. The molecule has 1 fully saturated rings. The quantitative estimate of drug-likeness (QED) is 0.896. The molecule has 7 heteroatoms. The number of pyridine rings is 1. The minimum Gasteiger partial charge on any atom is -0.376 e. The molecule has 2 aromatic rings. The normalized spacial score (nSPS) is 17.5. The number of piperidine rings is 1. The van der Waals surface area contributed by atoms with Gasteiger partial charge in [0.15, 0.2) is 5.82 Å². The molecule has 7 nitrogen and oxygen atoms in total. The summed E-state index contributed by atoms with van der Waals surface area (Å²) in [4.78, 5) is 37.7. The Bertz CT molecular complexity index is 775. The van der Waals surface area contributed by atoms with Crippen molar-refractivity contribution < 1.29 is 9.53 Å². The second-order valence-electron chi connectivity index (χ2n) is 6.08. The van der Waals surface area contributed by atoms with Crippen LogP contribution in [0.2, 0.25) is 0 Å². The lowest BCUT2D eigenvalue weighted by Crippen LogP contribution is -2.44. The van der Waals surface area contributed by atoms with Gasteiger partial charge in [0.25, 0.3) is 11.5 Å². The molecule has 1 saturated heterocycles. The minimum atomic E-state index is -0.447. The maximum atomic E-state index is 12.7. The number of nitrogens with zero attached hydrogens (tertiary/aromatic N) is 3. The zero-order valence-corrected chi connectivity index (χ0v) is 14.3. The van der Waals surface area contributed by atoms with Gasteiger partial charge in [0.1, 0.15) is 11.3 Å². The molecule has 0 unspecified atom stereocenters. The van der Waals surface area contributed by atoms with Gasteiger partial charge in [-0.05, 0) is 31.4 Å². The first-order valence-electron chi connectivity index (χ1n) is 8.60. The third-order valence-corrected chi connectivity index (χ3v) is 4.16. The number of hydrogen-bond donors (Lipinski definition) is 1. The maximum absolute atomic E-state index is 12.7. The number of carbonyl (C=O) groups excluding carboxylic acids is 1. The molecule has 1 atom stereocenters. The van der Waals surface area contributed by atoms with Gasteiger partial charge in [0, 0.05) is 32.1 Å². The van der Waals surface area contributed by atoms with E-state index in [-0.39, 0.29) is 17.6 Å². The van der Waals surface area contributed by atoms with Crippen LogP contribution in [-0.2, 0) is 4.74 Å². The third-order valence-electron chi connectivity index (χ3n) is 4.16. The highest BCUT2D eigenvalue weighted by Gasteiger charge is 2.26. The molecule has 0 aliphatic carbocycles. The number of carbonyl (C=O) groups is 1. The molecule has 1 aliphatic rings. The lowest BCUT2D eigenvalue weighted by atomic mass is 10.1. The molecule has 25 heavy (non-hydrogen) atoms. The Labute approximate surface area is 146 Å². The second-order valence-corrected chi connectivity index (χ2v) is 6.08. The summed E-state index contributed by atoms with van der Waals surface area (Å²) in [6, 6.07) is 5.35. The summed E-state index contributed by atoms with van der Waals surface area (Å²) in [5, 5.41) is 0. The van der Waals surface area contributed by atoms with Crippen molar-refractivity contribution >= 4 is 5.91 Å². The Morgan fingerprint density at radius 3 is 3.00 bits per heavy atom. The molecular weight excluding hydrogens is 320 g/mol. The van der Waals surface area contributed by atoms with Gasteiger partial charge in [-0.1, -0.05) is 13.0 Å². The maximum Gasteiger partial charge on any atom is 0.264 e. The number of rotatable bonds is 5. The van der Waals surface area contributed by atoms with Crippen LogP contribution in [0.3, 0.4) is 0 Å². The van der Waals surface area contributed by atoms with Crippen LogP contribution in [0.25, 0.3) is 11.5 Å². The number of nitrogens with one attached hydrogen (secondary N) is 1. The number of amides is 1. The molecule has 3 heterocycles. The van der Waals surface area contributed by atoms with E-state index in [0.29, 0.717) is 31.2 Å². The van der Waals surface area contributed by atoms with E-state index < -0.39 is 5.56 Å². The van der Waals surface area contributed by atoms with Crippen molar-refractivity contribution in [1.29, 1.82) is 0 Å². The lowest BCUT2D eigenvalue weighted by Gasteiger charge is -2.32. The molecule has 1 aliphatic heterocycles. The fourth-order valence-corrected chi connectivity index (χ4v) is 2.89. The molecule has 0 spiro atoms. The molecular formula is C18H22N4O3. The number of aromatic nitrogens is 3. The summed E-state index contributed by atoms with van der Waals surface area (Å²) in [5.74, 6) is 0.0519. The molecule has 3 rings (SSSR count). The molecule has 1 amide bonds. The van der Waals surface area contributed by atoms with Crippen molar-refractivity contribution in [2.75, 3.05) is 19.7 Å². The van der Waals surface area contributed by atoms with Crippen LogP contribution in [-0.4, -0.2) is 51.6 Å². The number of aromatic amines is 1. The summed E-state index contributed by atoms with van der Waals surface area (Å²) in [7, 11) is 0. The predicted octanol–water partition coefficient (Wildman–Crippen LogP) is 1.86. The first-order valence-corrected chi connectivity index (χ1v) is 8.60. The van der Waals surface area contributed by atoms with Crippen LogP contribution in [0.1, 0.15) is 36.5 Å². The van der Waals surface area contributed by atoms with Crippen molar-refractivity contribution in [2.24, 2.45) is 0 Å². The van der Waals surface area contributed by atoms with Crippen molar-refractivity contribution in [2.45, 2.75) is 32.3 Å². The van der Waals surface area contributed by atoms with Gasteiger partial charge in [0.2, 0.25) is 0 Å². The van der Waals surface area contributed by atoms with Crippen molar-refractivity contribution in [3.8, 4) is 11.5 Å². The molecule has 0 saturated carbocycles. The van der Waals surface area contributed by atoms with E-state index in [2.05, 4.69) is 21.9 Å². The van der Waals surface area contributed by atoms with Crippen LogP contribution >= 0.6 is 0 Å². The summed E-state index contributed by atoms with van der Waals surface area (Å²) in [6.07, 6.45) is 5.76. The second kappa shape index (κ2) is 8.02. The fourth-order valence-electron chi connectivity index (χ4n) is 2.89. The molecule has 0 radical (unpaired) electrons. The average Bonchev–Trinajstić information content (AvgIpc) is 2.66. The SMILES string of the molecule is CCCO[C@H]1CCCN(C(=O)c2cnc(-c3ccccn3)[nH]c2=O)C1. The number of H-pyrrole nitrogens is 1. The molecule has 0 aromatic carbocycles. The third kappa shape index (κ3) is 4.11. The average molecular weight is 342 g/mol. The highest BCUT2D eigenvalue weighted by molar-refractivity contribution is 5.93. The Hall–Kier alpha value is -2.54. The topological polar surface area (TPSA) is 88.2 Å². The van der Waals surface area contributed by atoms with Crippen LogP contribution < -0.4 is 5.56 Å². The Kier molecular flexibility index (Phi) is 5.55.